The third-order valence-corrected chi connectivity index (χ3v) is 9.75. The van der Waals surface area contributed by atoms with Crippen LogP contribution in [0.2, 0.25) is 0 Å². The highest BCUT2D eigenvalue weighted by Gasteiger charge is 2.62. The lowest BCUT2D eigenvalue weighted by Crippen LogP contribution is -2.61. The maximum atomic E-state index is 13.7. The zero-order chi connectivity index (χ0) is 27.6. The van der Waals surface area contributed by atoms with Gasteiger partial charge in [0.05, 0.1) is 24.0 Å². The molecule has 7 nitrogen and oxygen atoms in total. The Labute approximate surface area is 237 Å². The first-order chi connectivity index (χ1) is 19.4. The van der Waals surface area contributed by atoms with Crippen molar-refractivity contribution in [2.45, 2.75) is 57.9 Å². The average Bonchev–Trinajstić information content (AvgIpc) is 2.98. The van der Waals surface area contributed by atoms with Gasteiger partial charge in [0.2, 0.25) is 11.8 Å². The summed E-state index contributed by atoms with van der Waals surface area (Å²) in [5.41, 5.74) is 2.07. The molecule has 2 unspecified atom stereocenters. The maximum absolute atomic E-state index is 13.7. The van der Waals surface area contributed by atoms with Crippen LogP contribution in [-0.4, -0.2) is 55.5 Å². The zero-order valence-electron chi connectivity index (χ0n) is 23.3. The largest absolute Gasteiger partial charge is 0.378 e. The third kappa shape index (κ3) is 5.53. The minimum absolute atomic E-state index is 0.0242. The highest BCUT2D eigenvalue weighted by atomic mass is 16.5. The molecule has 2 aromatic carbocycles. The monoisotopic (exact) mass is 543 g/mol. The van der Waals surface area contributed by atoms with Crippen molar-refractivity contribution in [2.24, 2.45) is 22.7 Å². The summed E-state index contributed by atoms with van der Waals surface area (Å²) in [6, 6.07) is 17.9. The van der Waals surface area contributed by atoms with Gasteiger partial charge in [-0.2, -0.15) is 0 Å². The fourth-order valence-corrected chi connectivity index (χ4v) is 8.20. The molecule has 5 fully saturated rings. The highest BCUT2D eigenvalue weighted by Crippen LogP contribution is 2.65. The fraction of sp³-hybridized carbons (Fsp3) is 0.545. The van der Waals surface area contributed by atoms with Crippen LogP contribution in [-0.2, 0) is 27.3 Å². The molecule has 0 radical (unpaired) electrons. The number of aryl methyl sites for hydroxylation is 1. The molecule has 7 rings (SSSR count). The number of morpholine rings is 1. The van der Waals surface area contributed by atoms with Crippen LogP contribution in [0, 0.1) is 22.7 Å². The molecule has 0 spiro atoms. The van der Waals surface area contributed by atoms with E-state index in [-0.39, 0.29) is 17.7 Å². The summed E-state index contributed by atoms with van der Waals surface area (Å²) in [6.45, 7) is 3.50. The second kappa shape index (κ2) is 11.4. The second-order valence-electron chi connectivity index (χ2n) is 12.7. The van der Waals surface area contributed by atoms with Crippen molar-refractivity contribution in [3.8, 4) is 0 Å². The normalized spacial score (nSPS) is 28.8. The maximum Gasteiger partial charge on any atom is 0.254 e. The fourth-order valence-electron chi connectivity index (χ4n) is 8.20. The lowest BCUT2D eigenvalue weighted by molar-refractivity contribution is -0.167. The summed E-state index contributed by atoms with van der Waals surface area (Å²) in [6.07, 6.45) is 7.31. The first kappa shape index (κ1) is 27.0. The van der Waals surface area contributed by atoms with Crippen molar-refractivity contribution in [1.29, 1.82) is 0 Å². The molecule has 4 aliphatic carbocycles. The number of benzene rings is 2. The second-order valence-corrected chi connectivity index (χ2v) is 12.7. The molecule has 2 aromatic rings. The van der Waals surface area contributed by atoms with Gasteiger partial charge in [0.25, 0.3) is 5.91 Å². The van der Waals surface area contributed by atoms with Gasteiger partial charge in [0.1, 0.15) is 0 Å². The Hall–Kier alpha value is -3.19. The predicted molar refractivity (Wildman–Crippen MR) is 152 cm³/mol. The minimum atomic E-state index is -0.447. The van der Waals surface area contributed by atoms with E-state index in [0.717, 1.165) is 50.5 Å². The molecular formula is C33H41N3O4. The van der Waals surface area contributed by atoms with Gasteiger partial charge in [0.15, 0.2) is 0 Å². The Kier molecular flexibility index (Phi) is 7.67. The van der Waals surface area contributed by atoms with Gasteiger partial charge in [0, 0.05) is 31.7 Å². The number of hydrogen-bond donors (Lipinski definition) is 2. The molecule has 4 bridgehead atoms. The Balaban J connectivity index is 1.04. The molecular weight excluding hydrogens is 502 g/mol. The summed E-state index contributed by atoms with van der Waals surface area (Å²) in [7, 11) is 0. The molecule has 4 saturated carbocycles. The highest BCUT2D eigenvalue weighted by molar-refractivity contribution is 5.94. The van der Waals surface area contributed by atoms with Gasteiger partial charge in [-0.25, -0.2) is 0 Å². The van der Waals surface area contributed by atoms with E-state index in [1.54, 1.807) is 0 Å². The van der Waals surface area contributed by atoms with Crippen LogP contribution in [0.25, 0.3) is 0 Å². The van der Waals surface area contributed by atoms with Crippen LogP contribution < -0.4 is 10.6 Å². The van der Waals surface area contributed by atoms with Gasteiger partial charge >= 0.3 is 0 Å². The number of nitrogens with zero attached hydrogens (tertiary/aromatic N) is 1. The van der Waals surface area contributed by atoms with Crippen molar-refractivity contribution >= 4 is 17.7 Å². The number of amides is 3. The van der Waals surface area contributed by atoms with Gasteiger partial charge in [-0.15, -0.1) is 0 Å². The van der Waals surface area contributed by atoms with Gasteiger partial charge < -0.3 is 20.3 Å². The van der Waals surface area contributed by atoms with E-state index < -0.39 is 10.8 Å². The Morgan fingerprint density at radius 3 is 2.08 bits per heavy atom. The first-order valence-electron chi connectivity index (χ1n) is 15.0. The van der Waals surface area contributed by atoms with Crippen molar-refractivity contribution in [1.82, 2.24) is 15.5 Å². The van der Waals surface area contributed by atoms with Crippen LogP contribution in [0.3, 0.4) is 0 Å². The summed E-state index contributed by atoms with van der Waals surface area (Å²) in [5, 5.41) is 6.47. The topological polar surface area (TPSA) is 87.7 Å². The van der Waals surface area contributed by atoms with Crippen LogP contribution in [0.15, 0.2) is 54.6 Å². The molecule has 2 atom stereocenters. The van der Waals surface area contributed by atoms with Crippen LogP contribution in [0.1, 0.15) is 66.4 Å². The number of nitrogens with one attached hydrogen (secondary N) is 2. The quantitative estimate of drug-likeness (QED) is 0.466. The number of hydrogen-bond acceptors (Lipinski definition) is 4. The Morgan fingerprint density at radius 2 is 1.43 bits per heavy atom. The van der Waals surface area contributed by atoms with Crippen molar-refractivity contribution < 1.29 is 19.1 Å². The standard InChI is InChI=1S/C33H41N3O4/c37-29(36-13-15-40-16-14-36)28-10-8-25(9-11-28)22-35-31(39)33-20-26-17-27(21-33)19-32(18-26,23-33)30(38)34-12-4-7-24-5-2-1-3-6-24/h1-3,5-6,8-11,26-27H,4,7,12-23H2,(H,34,38)(H,35,39). The van der Waals surface area contributed by atoms with Crippen molar-refractivity contribution in [2.75, 3.05) is 32.8 Å². The summed E-state index contributed by atoms with van der Waals surface area (Å²) in [5.74, 6) is 1.18. The number of rotatable bonds is 9. The van der Waals surface area contributed by atoms with Crippen LogP contribution in [0.5, 0.6) is 0 Å². The lowest BCUT2D eigenvalue weighted by Gasteiger charge is -2.60. The van der Waals surface area contributed by atoms with Crippen molar-refractivity contribution in [3.63, 3.8) is 0 Å². The number of carbonyl (C=O) groups is 3. The van der Waals surface area contributed by atoms with E-state index >= 15 is 0 Å². The first-order valence-corrected chi connectivity index (χ1v) is 15.0. The molecule has 40 heavy (non-hydrogen) atoms. The molecule has 1 heterocycles. The van der Waals surface area contributed by atoms with E-state index in [4.69, 9.17) is 4.74 Å². The average molecular weight is 544 g/mol. The molecule has 0 aromatic heterocycles. The number of ether oxygens (including phenoxy) is 1. The molecule has 5 aliphatic rings. The van der Waals surface area contributed by atoms with Crippen LogP contribution >= 0.6 is 0 Å². The van der Waals surface area contributed by atoms with E-state index in [1.807, 2.05) is 35.2 Å². The zero-order valence-corrected chi connectivity index (χ0v) is 23.3. The Bertz CT molecular complexity index is 1210. The summed E-state index contributed by atoms with van der Waals surface area (Å²) in [4.78, 5) is 41.9. The minimum Gasteiger partial charge on any atom is -0.378 e. The van der Waals surface area contributed by atoms with E-state index in [2.05, 4.69) is 34.9 Å². The molecule has 7 heteroatoms. The van der Waals surface area contributed by atoms with Crippen molar-refractivity contribution in [3.05, 3.63) is 71.3 Å². The number of carbonyl (C=O) groups excluding carboxylic acids is 3. The Morgan fingerprint density at radius 1 is 0.800 bits per heavy atom. The predicted octanol–water partition coefficient (Wildman–Crippen LogP) is 4.11. The molecule has 1 aliphatic heterocycles. The van der Waals surface area contributed by atoms with Gasteiger partial charge in [-0.3, -0.25) is 14.4 Å². The van der Waals surface area contributed by atoms with E-state index in [9.17, 15) is 14.4 Å². The molecule has 2 N–H and O–H groups in total. The van der Waals surface area contributed by atoms with Gasteiger partial charge in [-0.05, 0) is 86.5 Å². The summed E-state index contributed by atoms with van der Waals surface area (Å²) >= 11 is 0. The SMILES string of the molecule is O=C(c1ccc(CNC(=O)C23CC4CC(CC(C(=O)NCCCc5ccccc5)(C4)C2)C3)cc1)N1CCOCC1. The third-order valence-electron chi connectivity index (χ3n) is 9.75. The van der Waals surface area contributed by atoms with Crippen LogP contribution in [0.4, 0.5) is 0 Å². The molecule has 3 amide bonds. The molecule has 1 saturated heterocycles. The summed E-state index contributed by atoms with van der Waals surface area (Å²) < 4.78 is 5.35. The van der Waals surface area contributed by atoms with E-state index in [1.165, 1.54) is 5.56 Å². The van der Waals surface area contributed by atoms with E-state index in [0.29, 0.717) is 63.2 Å². The molecule has 212 valence electrons. The lowest BCUT2D eigenvalue weighted by atomic mass is 9.43. The smallest absolute Gasteiger partial charge is 0.254 e. The van der Waals surface area contributed by atoms with Gasteiger partial charge in [-0.1, -0.05) is 42.5 Å².